The van der Waals surface area contributed by atoms with Crippen LogP contribution in [0.2, 0.25) is 0 Å². The number of hydrogen-bond acceptors (Lipinski definition) is 3. The third kappa shape index (κ3) is 5.24. The van der Waals surface area contributed by atoms with Crippen molar-refractivity contribution in [3.63, 3.8) is 0 Å². The van der Waals surface area contributed by atoms with Crippen molar-refractivity contribution in [2.45, 2.75) is 0 Å². The zero-order chi connectivity index (χ0) is 8.53. The molecule has 0 aliphatic heterocycles. The van der Waals surface area contributed by atoms with Crippen LogP contribution in [0.4, 0.5) is 5.69 Å². The van der Waals surface area contributed by atoms with E-state index in [1.165, 1.54) is 0 Å². The summed E-state index contributed by atoms with van der Waals surface area (Å²) >= 11 is 0. The highest BCUT2D eigenvalue weighted by Gasteiger charge is 1.81. The Labute approximate surface area is 66.0 Å². The van der Waals surface area contributed by atoms with E-state index in [4.69, 9.17) is 0 Å². The molecule has 3 nitrogen and oxygen atoms in total. The van der Waals surface area contributed by atoms with Crippen LogP contribution in [0, 0.1) is 4.91 Å². The first-order chi connectivity index (χ1) is 5.35. The molecule has 0 aliphatic carbocycles. The molecule has 0 bridgehead atoms. The molecule has 0 fully saturated rings. The van der Waals surface area contributed by atoms with Gasteiger partial charge in [0.2, 0.25) is 0 Å². The van der Waals surface area contributed by atoms with E-state index in [0.717, 1.165) is 0 Å². The van der Waals surface area contributed by atoms with Crippen LogP contribution in [0.3, 0.4) is 0 Å². The third-order valence-corrected chi connectivity index (χ3v) is 0.862. The summed E-state index contributed by atoms with van der Waals surface area (Å²) in [5, 5.41) is 2.72. The van der Waals surface area contributed by atoms with Crippen molar-refractivity contribution >= 4 is 5.69 Å². The van der Waals surface area contributed by atoms with Gasteiger partial charge < -0.3 is 4.74 Å². The summed E-state index contributed by atoms with van der Waals surface area (Å²) < 4.78 is 4.25. The van der Waals surface area contributed by atoms with Crippen LogP contribution in [0.15, 0.2) is 35.5 Å². The standard InChI is InChI=1S/C6H5NO.C2H6O/c8-7-6-4-2-1-3-5-6;1-3-2/h1-5H;1-2H3. The summed E-state index contributed by atoms with van der Waals surface area (Å²) in [5.41, 5.74) is 0.479. The average Bonchev–Trinajstić information content (AvgIpc) is 2.08. The van der Waals surface area contributed by atoms with E-state index in [9.17, 15) is 4.91 Å². The highest BCUT2D eigenvalue weighted by Crippen LogP contribution is 2.07. The van der Waals surface area contributed by atoms with E-state index in [1.807, 2.05) is 6.07 Å². The van der Waals surface area contributed by atoms with Crippen LogP contribution in [0.5, 0.6) is 0 Å². The van der Waals surface area contributed by atoms with Gasteiger partial charge in [0.15, 0.2) is 0 Å². The van der Waals surface area contributed by atoms with Gasteiger partial charge in [-0.1, -0.05) is 18.2 Å². The Morgan fingerprint density at radius 1 is 1.18 bits per heavy atom. The second kappa shape index (κ2) is 6.89. The molecular weight excluding hydrogens is 142 g/mol. The number of nitrogens with zero attached hydrogens (tertiary/aromatic N) is 1. The Kier molecular flexibility index (Phi) is 6.13. The molecule has 0 amide bonds. The quantitative estimate of drug-likeness (QED) is 0.581. The summed E-state index contributed by atoms with van der Waals surface area (Å²) in [6.07, 6.45) is 0. The molecule has 0 atom stereocenters. The fraction of sp³-hybridized carbons (Fsp3) is 0.250. The fourth-order valence-electron chi connectivity index (χ4n) is 0.489. The minimum Gasteiger partial charge on any atom is -0.388 e. The van der Waals surface area contributed by atoms with E-state index >= 15 is 0 Å². The van der Waals surface area contributed by atoms with Gasteiger partial charge in [-0.3, -0.25) is 0 Å². The molecule has 0 aromatic heterocycles. The number of hydrogen-bond donors (Lipinski definition) is 0. The summed E-state index contributed by atoms with van der Waals surface area (Å²) in [7, 11) is 3.25. The zero-order valence-corrected chi connectivity index (χ0v) is 6.65. The highest BCUT2D eigenvalue weighted by molar-refractivity contribution is 5.34. The van der Waals surface area contributed by atoms with Crippen LogP contribution < -0.4 is 0 Å². The fourth-order valence-corrected chi connectivity index (χ4v) is 0.489. The van der Waals surface area contributed by atoms with Crippen molar-refractivity contribution in [3.8, 4) is 0 Å². The molecule has 0 aliphatic rings. The van der Waals surface area contributed by atoms with Gasteiger partial charge in [-0.25, -0.2) is 0 Å². The van der Waals surface area contributed by atoms with Crippen LogP contribution in [0.25, 0.3) is 0 Å². The molecule has 11 heavy (non-hydrogen) atoms. The van der Waals surface area contributed by atoms with Crippen LogP contribution in [-0.4, -0.2) is 14.2 Å². The van der Waals surface area contributed by atoms with Crippen LogP contribution in [0.1, 0.15) is 0 Å². The maximum absolute atomic E-state index is 9.76. The summed E-state index contributed by atoms with van der Waals surface area (Å²) in [6.45, 7) is 0. The molecule has 0 saturated carbocycles. The van der Waals surface area contributed by atoms with E-state index in [2.05, 4.69) is 9.91 Å². The van der Waals surface area contributed by atoms with E-state index in [1.54, 1.807) is 38.5 Å². The average molecular weight is 153 g/mol. The highest BCUT2D eigenvalue weighted by atomic mass is 16.4. The Balaban J connectivity index is 0.000000292. The van der Waals surface area contributed by atoms with Crippen molar-refractivity contribution in [2.75, 3.05) is 14.2 Å². The minimum absolute atomic E-state index is 0.479. The van der Waals surface area contributed by atoms with Gasteiger partial charge in [0.25, 0.3) is 0 Å². The van der Waals surface area contributed by atoms with Crippen LogP contribution in [-0.2, 0) is 4.74 Å². The Morgan fingerprint density at radius 3 is 1.91 bits per heavy atom. The number of nitroso groups, excluding NO2 is 1. The topological polar surface area (TPSA) is 38.7 Å². The molecule has 0 unspecified atom stereocenters. The zero-order valence-electron chi connectivity index (χ0n) is 6.65. The van der Waals surface area contributed by atoms with Crippen molar-refractivity contribution in [3.05, 3.63) is 35.2 Å². The van der Waals surface area contributed by atoms with Crippen molar-refractivity contribution in [1.82, 2.24) is 0 Å². The number of benzene rings is 1. The smallest absolute Gasteiger partial charge is 0.107 e. The van der Waals surface area contributed by atoms with Crippen molar-refractivity contribution < 1.29 is 4.74 Å². The molecule has 1 aromatic rings. The first-order valence-electron chi connectivity index (χ1n) is 3.13. The second-order valence-electron chi connectivity index (χ2n) is 1.84. The lowest BCUT2D eigenvalue weighted by atomic mass is 10.3. The SMILES string of the molecule is COC.O=Nc1ccccc1. The molecular formula is C8H11NO2. The van der Waals surface area contributed by atoms with Gasteiger partial charge >= 0.3 is 0 Å². The Bertz CT molecular complexity index is 187. The minimum atomic E-state index is 0.479. The van der Waals surface area contributed by atoms with Gasteiger partial charge in [0.05, 0.1) is 0 Å². The number of rotatable bonds is 1. The van der Waals surface area contributed by atoms with Gasteiger partial charge in [-0.2, -0.15) is 0 Å². The molecule has 3 heteroatoms. The number of methoxy groups -OCH3 is 1. The van der Waals surface area contributed by atoms with E-state index in [-0.39, 0.29) is 0 Å². The summed E-state index contributed by atoms with van der Waals surface area (Å²) in [5.74, 6) is 0. The first kappa shape index (κ1) is 9.78. The van der Waals surface area contributed by atoms with E-state index < -0.39 is 0 Å². The molecule has 1 aromatic carbocycles. The molecule has 60 valence electrons. The summed E-state index contributed by atoms with van der Waals surface area (Å²) in [4.78, 5) is 9.76. The summed E-state index contributed by atoms with van der Waals surface area (Å²) in [6, 6.07) is 8.71. The molecule has 0 heterocycles. The predicted octanol–water partition coefficient (Wildman–Crippen LogP) is 2.35. The van der Waals surface area contributed by atoms with Crippen molar-refractivity contribution in [2.24, 2.45) is 5.18 Å². The number of ether oxygens (including phenoxy) is 1. The Morgan fingerprint density at radius 2 is 1.64 bits per heavy atom. The maximum atomic E-state index is 9.76. The van der Waals surface area contributed by atoms with Crippen molar-refractivity contribution in [1.29, 1.82) is 0 Å². The molecule has 0 saturated heterocycles. The lowest BCUT2D eigenvalue weighted by Crippen LogP contribution is -1.56. The lowest BCUT2D eigenvalue weighted by molar-refractivity contribution is 0.277. The largest absolute Gasteiger partial charge is 0.388 e. The van der Waals surface area contributed by atoms with Crippen LogP contribution >= 0.6 is 0 Å². The van der Waals surface area contributed by atoms with Gasteiger partial charge in [-0.15, -0.1) is 4.91 Å². The monoisotopic (exact) mass is 153 g/mol. The van der Waals surface area contributed by atoms with Gasteiger partial charge in [0, 0.05) is 14.2 Å². The van der Waals surface area contributed by atoms with Gasteiger partial charge in [-0.05, 0) is 17.3 Å². The first-order valence-corrected chi connectivity index (χ1v) is 3.13. The maximum Gasteiger partial charge on any atom is 0.107 e. The molecule has 0 spiro atoms. The third-order valence-electron chi connectivity index (χ3n) is 0.862. The van der Waals surface area contributed by atoms with Gasteiger partial charge in [0.1, 0.15) is 5.69 Å². The second-order valence-corrected chi connectivity index (χ2v) is 1.84. The van der Waals surface area contributed by atoms with E-state index in [0.29, 0.717) is 5.69 Å². The molecule has 0 N–H and O–H groups in total. The molecule has 0 radical (unpaired) electrons. The normalized spacial score (nSPS) is 7.82. The molecule has 1 rings (SSSR count). The lowest BCUT2D eigenvalue weighted by Gasteiger charge is -1.80. The Hall–Kier alpha value is -1.22. The predicted molar refractivity (Wildman–Crippen MR) is 44.8 cm³/mol.